The molecule has 7 heteroatoms. The number of nitrogens with one attached hydrogen (secondary N) is 1. The maximum absolute atomic E-state index is 12.1. The first-order valence-electron chi connectivity index (χ1n) is 7.29. The topological polar surface area (TPSA) is 47.6 Å². The average Bonchev–Trinajstić information content (AvgIpc) is 2.52. The molecule has 4 nitrogen and oxygen atoms in total. The number of amides is 1. The maximum atomic E-state index is 12.1. The molecule has 25 heavy (non-hydrogen) atoms. The van der Waals surface area contributed by atoms with Crippen LogP contribution in [0, 0.1) is 0 Å². The van der Waals surface area contributed by atoms with Gasteiger partial charge in [-0.1, -0.05) is 35.8 Å². The first-order chi connectivity index (χ1) is 11.8. The summed E-state index contributed by atoms with van der Waals surface area (Å²) in [5.74, 6) is 0.680. The quantitative estimate of drug-likeness (QED) is 0.554. The highest BCUT2D eigenvalue weighted by atomic mass is 79.9. The Bertz CT molecular complexity index is 773. The lowest BCUT2D eigenvalue weighted by molar-refractivity contribution is -0.118. The summed E-state index contributed by atoms with van der Waals surface area (Å²) in [6.07, 6.45) is 0. The fourth-order valence-electron chi connectivity index (χ4n) is 1.87. The summed E-state index contributed by atoms with van der Waals surface area (Å²) in [6.45, 7) is 5.88. The van der Waals surface area contributed by atoms with Crippen LogP contribution in [0.15, 0.2) is 53.0 Å². The average molecular weight is 445 g/mol. The molecule has 0 unspecified atom stereocenters. The van der Waals surface area contributed by atoms with Gasteiger partial charge in [0.15, 0.2) is 12.4 Å². The van der Waals surface area contributed by atoms with Gasteiger partial charge in [-0.3, -0.25) is 4.79 Å². The van der Waals surface area contributed by atoms with Gasteiger partial charge in [-0.05, 0) is 52.7 Å². The number of carbonyl (C=O) groups excluding carboxylic acids is 1. The largest absolute Gasteiger partial charge is 0.489 e. The second-order valence-corrected chi connectivity index (χ2v) is 7.01. The van der Waals surface area contributed by atoms with E-state index in [1.807, 2.05) is 6.92 Å². The number of rotatable bonds is 7. The molecular weight excluding hydrogens is 429 g/mol. The Hall–Kier alpha value is -1.69. The first-order valence-corrected chi connectivity index (χ1v) is 8.84. The lowest BCUT2D eigenvalue weighted by Crippen LogP contribution is -2.20. The summed E-state index contributed by atoms with van der Waals surface area (Å²) in [5, 5.41) is 3.53. The second kappa shape index (κ2) is 9.13. The number of hydrogen-bond donors (Lipinski definition) is 1. The van der Waals surface area contributed by atoms with E-state index in [-0.39, 0.29) is 12.5 Å². The third kappa shape index (κ3) is 6.27. The number of benzene rings is 2. The zero-order valence-electron chi connectivity index (χ0n) is 13.4. The van der Waals surface area contributed by atoms with Crippen molar-refractivity contribution in [1.29, 1.82) is 0 Å². The highest BCUT2D eigenvalue weighted by molar-refractivity contribution is 9.10. The van der Waals surface area contributed by atoms with Gasteiger partial charge in [0.05, 0.1) is 9.50 Å². The Morgan fingerprint density at radius 3 is 2.64 bits per heavy atom. The van der Waals surface area contributed by atoms with E-state index >= 15 is 0 Å². The molecule has 0 atom stereocenters. The molecule has 0 spiro atoms. The number of carbonyl (C=O) groups is 1. The van der Waals surface area contributed by atoms with Crippen LogP contribution >= 0.6 is 39.1 Å². The number of halogens is 3. The van der Waals surface area contributed by atoms with Crippen molar-refractivity contribution in [2.75, 3.05) is 18.5 Å². The molecule has 2 rings (SSSR count). The Morgan fingerprint density at radius 1 is 1.20 bits per heavy atom. The molecule has 0 heterocycles. The van der Waals surface area contributed by atoms with Gasteiger partial charge in [0.1, 0.15) is 12.4 Å². The minimum Gasteiger partial charge on any atom is -0.489 e. The smallest absolute Gasteiger partial charge is 0.262 e. The molecule has 0 fully saturated rings. The van der Waals surface area contributed by atoms with Gasteiger partial charge in [0.25, 0.3) is 5.91 Å². The Labute approximate surface area is 164 Å². The monoisotopic (exact) mass is 443 g/mol. The number of anilines is 1. The Morgan fingerprint density at radius 2 is 1.96 bits per heavy atom. The first kappa shape index (κ1) is 19.6. The highest BCUT2D eigenvalue weighted by Gasteiger charge is 2.11. The van der Waals surface area contributed by atoms with Crippen LogP contribution in [0.4, 0.5) is 5.69 Å². The normalized spacial score (nSPS) is 10.2. The van der Waals surface area contributed by atoms with E-state index in [0.29, 0.717) is 38.3 Å². The molecule has 0 aliphatic heterocycles. The van der Waals surface area contributed by atoms with Crippen molar-refractivity contribution >= 4 is 50.7 Å². The summed E-state index contributed by atoms with van der Waals surface area (Å²) in [6, 6.07) is 10.3. The van der Waals surface area contributed by atoms with E-state index in [1.165, 1.54) is 0 Å². The van der Waals surface area contributed by atoms with Gasteiger partial charge in [0, 0.05) is 16.8 Å². The fraction of sp³-hybridized carbons (Fsp3) is 0.167. The lowest BCUT2D eigenvalue weighted by Gasteiger charge is -2.12. The molecule has 0 aromatic heterocycles. The van der Waals surface area contributed by atoms with Crippen molar-refractivity contribution in [2.24, 2.45) is 0 Å². The Balaban J connectivity index is 1.94. The molecule has 2 aromatic carbocycles. The van der Waals surface area contributed by atoms with Crippen LogP contribution in [0.3, 0.4) is 0 Å². The van der Waals surface area contributed by atoms with Crippen LogP contribution in [0.1, 0.15) is 6.92 Å². The van der Waals surface area contributed by atoms with Crippen LogP contribution in [-0.4, -0.2) is 19.1 Å². The molecule has 132 valence electrons. The third-order valence-corrected chi connectivity index (χ3v) is 4.00. The molecular formula is C18H16BrCl2NO3. The zero-order valence-corrected chi connectivity index (χ0v) is 16.5. The summed E-state index contributed by atoms with van der Waals surface area (Å²) >= 11 is 15.3. The summed E-state index contributed by atoms with van der Waals surface area (Å²) < 4.78 is 11.6. The SMILES string of the molecule is C=C(C)COc1cccc(NC(=O)COc2c(Cl)cc(Cl)cc2Br)c1. The van der Waals surface area contributed by atoms with Crippen molar-refractivity contribution in [3.8, 4) is 11.5 Å². The molecule has 1 amide bonds. The summed E-state index contributed by atoms with van der Waals surface area (Å²) in [4.78, 5) is 12.1. The molecule has 0 bridgehead atoms. The number of hydrogen-bond acceptors (Lipinski definition) is 3. The van der Waals surface area contributed by atoms with Gasteiger partial charge in [-0.2, -0.15) is 0 Å². The van der Waals surface area contributed by atoms with E-state index in [1.54, 1.807) is 36.4 Å². The number of ether oxygens (including phenoxy) is 2. The van der Waals surface area contributed by atoms with Gasteiger partial charge < -0.3 is 14.8 Å². The molecule has 0 aliphatic carbocycles. The summed E-state index contributed by atoms with van der Waals surface area (Å²) in [5.41, 5.74) is 1.52. The molecule has 0 radical (unpaired) electrons. The van der Waals surface area contributed by atoms with Gasteiger partial charge in [-0.15, -0.1) is 0 Å². The maximum Gasteiger partial charge on any atom is 0.262 e. The van der Waals surface area contributed by atoms with Gasteiger partial charge in [-0.25, -0.2) is 0 Å². The van der Waals surface area contributed by atoms with Crippen LogP contribution in [0.5, 0.6) is 11.5 Å². The lowest BCUT2D eigenvalue weighted by atomic mass is 10.3. The highest BCUT2D eigenvalue weighted by Crippen LogP contribution is 2.36. The van der Waals surface area contributed by atoms with Crippen LogP contribution in [-0.2, 0) is 4.79 Å². The Kier molecular flexibility index (Phi) is 7.17. The van der Waals surface area contributed by atoms with Crippen molar-refractivity contribution in [3.05, 3.63) is 63.1 Å². The third-order valence-electron chi connectivity index (χ3n) is 2.91. The van der Waals surface area contributed by atoms with Crippen LogP contribution in [0.25, 0.3) is 0 Å². The minimum absolute atomic E-state index is 0.198. The van der Waals surface area contributed by atoms with Crippen molar-refractivity contribution in [3.63, 3.8) is 0 Å². The van der Waals surface area contributed by atoms with E-state index < -0.39 is 0 Å². The predicted octanol–water partition coefficient (Wildman–Crippen LogP) is 5.73. The van der Waals surface area contributed by atoms with Crippen LogP contribution < -0.4 is 14.8 Å². The van der Waals surface area contributed by atoms with Gasteiger partial charge >= 0.3 is 0 Å². The van der Waals surface area contributed by atoms with Gasteiger partial charge in [0.2, 0.25) is 0 Å². The predicted molar refractivity (Wildman–Crippen MR) is 105 cm³/mol. The van der Waals surface area contributed by atoms with Crippen molar-refractivity contribution < 1.29 is 14.3 Å². The van der Waals surface area contributed by atoms with Crippen molar-refractivity contribution in [2.45, 2.75) is 6.92 Å². The molecule has 0 aliphatic rings. The minimum atomic E-state index is -0.324. The van der Waals surface area contributed by atoms with Crippen molar-refractivity contribution in [1.82, 2.24) is 0 Å². The molecule has 0 saturated heterocycles. The molecule has 2 aromatic rings. The van der Waals surface area contributed by atoms with E-state index in [9.17, 15) is 4.79 Å². The molecule has 1 N–H and O–H groups in total. The van der Waals surface area contributed by atoms with E-state index in [4.69, 9.17) is 32.7 Å². The standard InChI is InChI=1S/C18H16BrCl2NO3/c1-11(2)9-24-14-5-3-4-13(8-14)22-17(23)10-25-18-15(19)6-12(20)7-16(18)21/h3-8H,1,9-10H2,2H3,(H,22,23). The second-order valence-electron chi connectivity index (χ2n) is 5.31. The van der Waals surface area contributed by atoms with E-state index in [2.05, 4.69) is 27.8 Å². The van der Waals surface area contributed by atoms with E-state index in [0.717, 1.165) is 5.57 Å². The van der Waals surface area contributed by atoms with Crippen LogP contribution in [0.2, 0.25) is 10.0 Å². The fourth-order valence-corrected chi connectivity index (χ4v) is 3.24. The summed E-state index contributed by atoms with van der Waals surface area (Å²) in [7, 11) is 0. The molecule has 0 saturated carbocycles. The zero-order chi connectivity index (χ0) is 18.4.